The van der Waals surface area contributed by atoms with Crippen LogP contribution in [-0.2, 0) is 6.54 Å². The van der Waals surface area contributed by atoms with E-state index in [1.54, 1.807) is 16.7 Å². The second-order valence-corrected chi connectivity index (χ2v) is 9.60. The molecule has 0 atom stereocenters. The zero-order valence-electron chi connectivity index (χ0n) is 20.1. The number of carbonyl (C=O) groups excluding carboxylic acids is 1. The Morgan fingerprint density at radius 2 is 1.73 bits per heavy atom. The molecule has 0 fully saturated rings. The molecule has 7 heteroatoms. The maximum absolute atomic E-state index is 13.3. The van der Waals surface area contributed by atoms with E-state index in [-0.39, 0.29) is 11.3 Å². The van der Waals surface area contributed by atoms with Crippen molar-refractivity contribution < 1.29 is 9.53 Å². The molecule has 3 aromatic rings. The first-order valence-electron chi connectivity index (χ1n) is 11.4. The maximum Gasteiger partial charge on any atom is 0.262 e. The van der Waals surface area contributed by atoms with Gasteiger partial charge in [-0.1, -0.05) is 36.0 Å². The van der Waals surface area contributed by atoms with E-state index in [9.17, 15) is 9.59 Å². The van der Waals surface area contributed by atoms with Crippen LogP contribution < -0.4 is 10.3 Å². The average Bonchev–Trinajstić information content (AvgIpc) is 2.78. The van der Waals surface area contributed by atoms with Crippen LogP contribution in [0.4, 0.5) is 0 Å². The van der Waals surface area contributed by atoms with Gasteiger partial charge >= 0.3 is 0 Å². The molecule has 33 heavy (non-hydrogen) atoms. The fourth-order valence-corrected chi connectivity index (χ4v) is 4.79. The van der Waals surface area contributed by atoms with Crippen molar-refractivity contribution >= 4 is 28.4 Å². The number of nitrogens with zero attached hydrogens (tertiary/aromatic N) is 3. The van der Waals surface area contributed by atoms with Crippen LogP contribution in [0.5, 0.6) is 5.75 Å². The van der Waals surface area contributed by atoms with Crippen molar-refractivity contribution in [2.45, 2.75) is 58.4 Å². The van der Waals surface area contributed by atoms with Gasteiger partial charge in [0, 0.05) is 30.9 Å². The number of ketones is 1. The van der Waals surface area contributed by atoms with E-state index in [4.69, 9.17) is 9.72 Å². The van der Waals surface area contributed by atoms with Gasteiger partial charge in [0.1, 0.15) is 5.75 Å². The Kier molecular flexibility index (Phi) is 8.69. The Bertz CT molecular complexity index is 1150. The highest BCUT2D eigenvalue weighted by Crippen LogP contribution is 2.21. The minimum Gasteiger partial charge on any atom is -0.492 e. The number of fused-ring (bicyclic) bond motifs is 1. The number of hydrogen-bond donors (Lipinski definition) is 0. The highest BCUT2D eigenvalue weighted by atomic mass is 32.2. The van der Waals surface area contributed by atoms with E-state index < -0.39 is 0 Å². The minimum atomic E-state index is -0.0249. The molecule has 0 unspecified atom stereocenters. The summed E-state index contributed by atoms with van der Waals surface area (Å²) in [4.78, 5) is 32.3. The van der Waals surface area contributed by atoms with Crippen LogP contribution in [0.3, 0.4) is 0 Å². The van der Waals surface area contributed by atoms with Crippen molar-refractivity contribution in [3.63, 3.8) is 0 Å². The molecule has 0 radical (unpaired) electrons. The number of benzene rings is 2. The molecule has 176 valence electrons. The number of aromatic nitrogens is 2. The van der Waals surface area contributed by atoms with Crippen LogP contribution in [0.15, 0.2) is 58.5 Å². The molecule has 0 spiro atoms. The van der Waals surface area contributed by atoms with Crippen LogP contribution in [0.1, 0.15) is 45.0 Å². The number of thioether (sulfide) groups is 1. The molecular formula is C26H33N3O3S. The first-order chi connectivity index (χ1) is 15.8. The maximum atomic E-state index is 13.3. The molecule has 6 nitrogen and oxygen atoms in total. The highest BCUT2D eigenvalue weighted by Gasteiger charge is 2.17. The van der Waals surface area contributed by atoms with Gasteiger partial charge in [0.2, 0.25) is 0 Å². The van der Waals surface area contributed by atoms with Gasteiger partial charge in [-0.25, -0.2) is 4.98 Å². The van der Waals surface area contributed by atoms with E-state index in [1.165, 1.54) is 18.7 Å². The zero-order valence-corrected chi connectivity index (χ0v) is 20.9. The zero-order chi connectivity index (χ0) is 24.0. The number of para-hydroxylation sites is 2. The van der Waals surface area contributed by atoms with Gasteiger partial charge in [0.05, 0.1) is 23.1 Å². The molecule has 0 saturated carbocycles. The number of rotatable bonds is 11. The summed E-state index contributed by atoms with van der Waals surface area (Å²) in [6, 6.07) is 15.5. The van der Waals surface area contributed by atoms with Crippen LogP contribution in [0.25, 0.3) is 10.9 Å². The lowest BCUT2D eigenvalue weighted by Crippen LogP contribution is -2.40. The SMILES string of the molecule is CC(=O)c1ccccc1OCCSc1nc2ccccc2c(=O)n1CCN(C(C)C)C(C)C. The van der Waals surface area contributed by atoms with Gasteiger partial charge in [-0.2, -0.15) is 0 Å². The first kappa shape index (κ1) is 25.0. The molecule has 1 aromatic heterocycles. The lowest BCUT2D eigenvalue weighted by atomic mass is 10.1. The molecule has 2 aromatic carbocycles. The fraction of sp³-hybridized carbons (Fsp3) is 0.423. The highest BCUT2D eigenvalue weighted by molar-refractivity contribution is 7.99. The van der Waals surface area contributed by atoms with Crippen molar-refractivity contribution in [2.24, 2.45) is 0 Å². The normalized spacial score (nSPS) is 11.6. The molecule has 0 aliphatic heterocycles. The van der Waals surface area contributed by atoms with Crippen LogP contribution in [0.2, 0.25) is 0 Å². The quantitative estimate of drug-likeness (QED) is 0.173. The van der Waals surface area contributed by atoms with Crippen LogP contribution >= 0.6 is 11.8 Å². The molecule has 3 rings (SSSR count). The average molecular weight is 468 g/mol. The standard InChI is InChI=1S/C26H33N3O3S/c1-18(2)28(19(3)4)14-15-29-25(31)22-11-6-8-12-23(22)27-26(29)33-17-16-32-24-13-9-7-10-21(24)20(5)30/h6-13,18-19H,14-17H2,1-5H3. The smallest absolute Gasteiger partial charge is 0.262 e. The van der Waals surface area contributed by atoms with Crippen molar-refractivity contribution in [1.82, 2.24) is 14.5 Å². The van der Waals surface area contributed by atoms with E-state index in [0.29, 0.717) is 58.4 Å². The molecule has 0 N–H and O–H groups in total. The fourth-order valence-electron chi connectivity index (χ4n) is 3.95. The van der Waals surface area contributed by atoms with Gasteiger partial charge in [0.15, 0.2) is 10.9 Å². The van der Waals surface area contributed by atoms with Crippen molar-refractivity contribution in [1.29, 1.82) is 0 Å². The number of Topliss-reactive ketones (excluding diaryl/α,β-unsaturated/α-hetero) is 1. The third-order valence-corrected chi connectivity index (χ3v) is 6.51. The summed E-state index contributed by atoms with van der Waals surface area (Å²) < 4.78 is 7.66. The predicted octanol–water partition coefficient (Wildman–Crippen LogP) is 4.89. The summed E-state index contributed by atoms with van der Waals surface area (Å²) in [6.07, 6.45) is 0. The summed E-state index contributed by atoms with van der Waals surface area (Å²) in [5.74, 6) is 1.16. The summed E-state index contributed by atoms with van der Waals surface area (Å²) in [6.45, 7) is 12.0. The summed E-state index contributed by atoms with van der Waals surface area (Å²) >= 11 is 1.50. The van der Waals surface area contributed by atoms with Crippen molar-refractivity contribution in [3.8, 4) is 5.75 Å². The summed E-state index contributed by atoms with van der Waals surface area (Å²) in [5, 5.41) is 1.32. The Morgan fingerprint density at radius 1 is 1.06 bits per heavy atom. The van der Waals surface area contributed by atoms with Crippen LogP contribution in [-0.4, -0.2) is 51.2 Å². The van der Waals surface area contributed by atoms with E-state index in [2.05, 4.69) is 32.6 Å². The second kappa shape index (κ2) is 11.5. The lowest BCUT2D eigenvalue weighted by Gasteiger charge is -2.30. The number of carbonyl (C=O) groups is 1. The molecule has 0 bridgehead atoms. The van der Waals surface area contributed by atoms with Crippen molar-refractivity contribution in [2.75, 3.05) is 18.9 Å². The number of hydrogen-bond acceptors (Lipinski definition) is 6. The molecule has 1 heterocycles. The minimum absolute atomic E-state index is 0.0154. The van der Waals surface area contributed by atoms with Crippen LogP contribution in [0, 0.1) is 0 Å². The molecular weight excluding hydrogens is 434 g/mol. The van der Waals surface area contributed by atoms with Gasteiger partial charge < -0.3 is 4.74 Å². The lowest BCUT2D eigenvalue weighted by molar-refractivity contribution is 0.101. The Balaban J connectivity index is 1.79. The summed E-state index contributed by atoms with van der Waals surface area (Å²) in [5.41, 5.74) is 1.26. The topological polar surface area (TPSA) is 64.4 Å². The van der Waals surface area contributed by atoms with E-state index >= 15 is 0 Å². The first-order valence-corrected chi connectivity index (χ1v) is 12.4. The Morgan fingerprint density at radius 3 is 2.42 bits per heavy atom. The van der Waals surface area contributed by atoms with Crippen molar-refractivity contribution in [3.05, 3.63) is 64.4 Å². The largest absolute Gasteiger partial charge is 0.492 e. The molecule has 0 aliphatic rings. The second-order valence-electron chi connectivity index (χ2n) is 8.54. The molecule has 0 saturated heterocycles. The molecule has 0 aliphatic carbocycles. The van der Waals surface area contributed by atoms with E-state index in [1.807, 2.05) is 36.4 Å². The third kappa shape index (κ3) is 6.24. The molecule has 0 amide bonds. The third-order valence-electron chi connectivity index (χ3n) is 5.57. The van der Waals surface area contributed by atoms with Gasteiger partial charge in [-0.05, 0) is 58.9 Å². The number of ether oxygens (including phenoxy) is 1. The Hall–Kier alpha value is -2.64. The Labute approximate surface area is 200 Å². The monoisotopic (exact) mass is 467 g/mol. The van der Waals surface area contributed by atoms with Gasteiger partial charge in [0.25, 0.3) is 5.56 Å². The van der Waals surface area contributed by atoms with Gasteiger partial charge in [-0.3, -0.25) is 19.1 Å². The predicted molar refractivity (Wildman–Crippen MR) is 136 cm³/mol. The summed E-state index contributed by atoms with van der Waals surface area (Å²) in [7, 11) is 0. The van der Waals surface area contributed by atoms with E-state index in [0.717, 1.165) is 6.54 Å². The van der Waals surface area contributed by atoms with Gasteiger partial charge in [-0.15, -0.1) is 0 Å².